The van der Waals surface area contributed by atoms with Crippen LogP contribution >= 0.6 is 0 Å². The maximum absolute atomic E-state index is 12.9. The highest BCUT2D eigenvalue weighted by Gasteiger charge is 2.34. The van der Waals surface area contributed by atoms with Crippen molar-refractivity contribution in [3.05, 3.63) is 63.7 Å². The van der Waals surface area contributed by atoms with Gasteiger partial charge in [0.1, 0.15) is 17.3 Å². The van der Waals surface area contributed by atoms with Crippen LogP contribution in [-0.4, -0.2) is 58.8 Å². The van der Waals surface area contributed by atoms with Gasteiger partial charge in [0.15, 0.2) is 5.82 Å². The number of alkyl halides is 3. The van der Waals surface area contributed by atoms with Gasteiger partial charge in [0.2, 0.25) is 0 Å². The number of hydrogen-bond donors (Lipinski definition) is 0. The van der Waals surface area contributed by atoms with Gasteiger partial charge in [-0.1, -0.05) is 12.1 Å². The van der Waals surface area contributed by atoms with E-state index in [1.54, 1.807) is 26.3 Å². The Morgan fingerprint density at radius 2 is 1.89 bits per heavy atom. The third kappa shape index (κ3) is 4.85. The van der Waals surface area contributed by atoms with E-state index in [9.17, 15) is 23.2 Å². The van der Waals surface area contributed by atoms with Crippen molar-refractivity contribution in [1.82, 2.24) is 19.4 Å². The summed E-state index contributed by atoms with van der Waals surface area (Å²) in [5.41, 5.74) is 0.906. The molecule has 0 amide bonds. The fourth-order valence-electron chi connectivity index (χ4n) is 4.48. The summed E-state index contributed by atoms with van der Waals surface area (Å²) in [6.07, 6.45) is -4.38. The first-order valence-corrected chi connectivity index (χ1v) is 11.1. The van der Waals surface area contributed by atoms with Crippen molar-refractivity contribution >= 4 is 16.9 Å². The van der Waals surface area contributed by atoms with E-state index in [4.69, 9.17) is 4.74 Å². The normalized spacial score (nSPS) is 18.0. The van der Waals surface area contributed by atoms with Gasteiger partial charge in [-0.15, -0.1) is 0 Å². The van der Waals surface area contributed by atoms with Gasteiger partial charge < -0.3 is 9.64 Å². The summed E-state index contributed by atoms with van der Waals surface area (Å²) in [5.74, 6) is 0.393. The molecule has 8 nitrogen and oxygen atoms in total. The molecule has 4 rings (SSSR count). The number of rotatable bonds is 5. The molecule has 2 aromatic heterocycles. The van der Waals surface area contributed by atoms with Crippen molar-refractivity contribution in [2.75, 3.05) is 38.3 Å². The van der Waals surface area contributed by atoms with Crippen molar-refractivity contribution in [3.63, 3.8) is 0 Å². The number of anilines is 1. The van der Waals surface area contributed by atoms with Gasteiger partial charge in [0, 0.05) is 39.8 Å². The summed E-state index contributed by atoms with van der Waals surface area (Å²) in [4.78, 5) is 25.4. The van der Waals surface area contributed by atoms with Crippen LogP contribution in [0.3, 0.4) is 0 Å². The first-order chi connectivity index (χ1) is 16.6. The summed E-state index contributed by atoms with van der Waals surface area (Å²) in [5, 5.41) is 9.32. The summed E-state index contributed by atoms with van der Waals surface area (Å²) >= 11 is 0. The topological polar surface area (TPSA) is 87.3 Å². The van der Waals surface area contributed by atoms with E-state index in [1.165, 1.54) is 16.7 Å². The van der Waals surface area contributed by atoms with Crippen molar-refractivity contribution in [1.29, 1.82) is 5.26 Å². The maximum Gasteiger partial charge on any atom is 0.416 e. The average Bonchev–Trinajstić information content (AvgIpc) is 2.85. The monoisotopic (exact) mass is 486 g/mol. The van der Waals surface area contributed by atoms with Gasteiger partial charge in [-0.2, -0.15) is 23.4 Å². The number of methoxy groups -OCH3 is 1. The SMILES string of the molecule is COCC1CN(C(C)c2ccc(C(F)(F)F)cc2)CCN1c1nc(=O)n(C)c2ccc(C#N)nc12. The molecule has 35 heavy (non-hydrogen) atoms. The maximum atomic E-state index is 12.9. The minimum atomic E-state index is -4.38. The molecular weight excluding hydrogens is 461 g/mol. The van der Waals surface area contributed by atoms with Gasteiger partial charge in [0.05, 0.1) is 23.7 Å². The first-order valence-electron chi connectivity index (χ1n) is 11.1. The van der Waals surface area contributed by atoms with Gasteiger partial charge in [-0.3, -0.25) is 9.47 Å². The van der Waals surface area contributed by atoms with Crippen molar-refractivity contribution in [2.45, 2.75) is 25.2 Å². The minimum Gasteiger partial charge on any atom is -0.383 e. The molecular formula is C24H25F3N6O2. The van der Waals surface area contributed by atoms with Gasteiger partial charge in [0.25, 0.3) is 0 Å². The minimum absolute atomic E-state index is 0.129. The number of nitrogens with zero attached hydrogens (tertiary/aromatic N) is 6. The molecule has 0 N–H and O–H groups in total. The van der Waals surface area contributed by atoms with Crippen LogP contribution in [0.2, 0.25) is 0 Å². The first kappa shape index (κ1) is 24.6. The van der Waals surface area contributed by atoms with Crippen LogP contribution < -0.4 is 10.6 Å². The Morgan fingerprint density at radius 3 is 2.51 bits per heavy atom. The molecule has 0 radical (unpaired) electrons. The van der Waals surface area contributed by atoms with E-state index in [0.717, 1.165) is 17.7 Å². The summed E-state index contributed by atoms with van der Waals surface area (Å²) in [7, 11) is 3.18. The lowest BCUT2D eigenvalue weighted by molar-refractivity contribution is -0.137. The van der Waals surface area contributed by atoms with Crippen LogP contribution in [0, 0.1) is 11.3 Å². The molecule has 0 aliphatic carbocycles. The van der Waals surface area contributed by atoms with E-state index in [2.05, 4.69) is 14.9 Å². The van der Waals surface area contributed by atoms with Gasteiger partial charge in [-0.05, 0) is 36.8 Å². The van der Waals surface area contributed by atoms with E-state index in [1.807, 2.05) is 17.9 Å². The van der Waals surface area contributed by atoms with E-state index in [-0.39, 0.29) is 17.8 Å². The fourth-order valence-corrected chi connectivity index (χ4v) is 4.48. The highest BCUT2D eigenvalue weighted by molar-refractivity contribution is 5.86. The third-order valence-corrected chi connectivity index (χ3v) is 6.46. The quantitative estimate of drug-likeness (QED) is 0.548. The van der Waals surface area contributed by atoms with E-state index >= 15 is 0 Å². The second kappa shape index (κ2) is 9.64. The van der Waals surface area contributed by atoms with Crippen LogP contribution in [0.25, 0.3) is 11.0 Å². The van der Waals surface area contributed by atoms with Crippen LogP contribution in [-0.2, 0) is 18.0 Å². The lowest BCUT2D eigenvalue weighted by Crippen LogP contribution is -2.56. The second-order valence-corrected chi connectivity index (χ2v) is 8.55. The Morgan fingerprint density at radius 1 is 1.17 bits per heavy atom. The smallest absolute Gasteiger partial charge is 0.383 e. The molecule has 3 aromatic rings. The zero-order chi connectivity index (χ0) is 25.3. The van der Waals surface area contributed by atoms with Crippen LogP contribution in [0.4, 0.5) is 19.0 Å². The number of ether oxygens (including phenoxy) is 1. The Labute approximate surface area is 200 Å². The molecule has 11 heteroatoms. The highest BCUT2D eigenvalue weighted by atomic mass is 19.4. The standard InChI is InChI=1S/C24H25F3N6O2/c1-15(16-4-6-17(7-5-16)24(25,26)27)32-10-11-33(19(13-32)14-35-3)22-21-20(31(2)23(34)30-22)9-8-18(12-28)29-21/h4-9,15,19H,10-11,13-14H2,1-3H3. The summed E-state index contributed by atoms with van der Waals surface area (Å²) in [6.45, 7) is 3.90. The zero-order valence-electron chi connectivity index (χ0n) is 19.6. The van der Waals surface area contributed by atoms with Crippen LogP contribution in [0.5, 0.6) is 0 Å². The molecule has 0 spiro atoms. The molecule has 1 fully saturated rings. The molecule has 1 aliphatic heterocycles. The number of nitriles is 1. The Hall–Kier alpha value is -3.49. The largest absolute Gasteiger partial charge is 0.416 e. The number of piperazine rings is 1. The molecule has 1 aromatic carbocycles. The molecule has 184 valence electrons. The number of hydrogen-bond acceptors (Lipinski definition) is 7. The Balaban J connectivity index is 1.64. The van der Waals surface area contributed by atoms with E-state index < -0.39 is 17.4 Å². The number of pyridine rings is 1. The third-order valence-electron chi connectivity index (χ3n) is 6.46. The predicted octanol–water partition coefficient (Wildman–Crippen LogP) is 3.12. The van der Waals surface area contributed by atoms with Crippen molar-refractivity contribution < 1.29 is 17.9 Å². The molecule has 3 heterocycles. The molecule has 1 aliphatic rings. The number of aryl methyl sites for hydroxylation is 1. The lowest BCUT2D eigenvalue weighted by Gasteiger charge is -2.44. The summed E-state index contributed by atoms with van der Waals surface area (Å²) < 4.78 is 45.7. The lowest BCUT2D eigenvalue weighted by atomic mass is 10.0. The van der Waals surface area contributed by atoms with E-state index in [0.29, 0.717) is 43.1 Å². The number of fused-ring (bicyclic) bond motifs is 1. The molecule has 0 bridgehead atoms. The van der Waals surface area contributed by atoms with Crippen LogP contribution in [0.1, 0.15) is 29.8 Å². The predicted molar refractivity (Wildman–Crippen MR) is 124 cm³/mol. The molecule has 2 unspecified atom stereocenters. The zero-order valence-corrected chi connectivity index (χ0v) is 19.6. The van der Waals surface area contributed by atoms with Crippen molar-refractivity contribution in [2.24, 2.45) is 7.05 Å². The summed E-state index contributed by atoms with van der Waals surface area (Å²) in [6, 6.07) is 10.2. The van der Waals surface area contributed by atoms with Crippen LogP contribution in [0.15, 0.2) is 41.2 Å². The molecule has 1 saturated heterocycles. The Bertz CT molecular complexity index is 1320. The van der Waals surface area contributed by atoms with Gasteiger partial charge >= 0.3 is 11.9 Å². The number of benzene rings is 1. The number of aromatic nitrogens is 3. The van der Waals surface area contributed by atoms with Crippen molar-refractivity contribution in [3.8, 4) is 6.07 Å². The van der Waals surface area contributed by atoms with Gasteiger partial charge in [-0.25, -0.2) is 9.78 Å². The highest BCUT2D eigenvalue weighted by Crippen LogP contribution is 2.32. The number of halogens is 3. The molecule has 0 saturated carbocycles. The second-order valence-electron chi connectivity index (χ2n) is 8.55. The Kier molecular flexibility index (Phi) is 6.78. The average molecular weight is 486 g/mol. The molecule has 2 atom stereocenters. The fraction of sp³-hybridized carbons (Fsp3) is 0.417.